The average molecular weight is 247 g/mol. The van der Waals surface area contributed by atoms with Gasteiger partial charge in [-0.05, 0) is 12.0 Å². The molecule has 3 N–H and O–H groups in total. The van der Waals surface area contributed by atoms with Gasteiger partial charge in [-0.15, -0.1) is 0 Å². The van der Waals surface area contributed by atoms with Crippen LogP contribution in [0.15, 0.2) is 36.5 Å². The summed E-state index contributed by atoms with van der Waals surface area (Å²) in [6, 6.07) is 10.0. The van der Waals surface area contributed by atoms with Gasteiger partial charge in [-0.1, -0.05) is 41.7 Å². The second-order valence-corrected chi connectivity index (χ2v) is 4.62. The van der Waals surface area contributed by atoms with Crippen LogP contribution >= 0.6 is 11.3 Å². The first kappa shape index (κ1) is 11.6. The molecule has 4 nitrogen and oxygen atoms in total. The molecular formula is C12H13N3OS. The highest BCUT2D eigenvalue weighted by Gasteiger charge is 2.08. The standard InChI is InChI=1S/C12H13N3OS/c13-12-15-8-10(17-12)11(16)14-7-6-9-4-2-1-3-5-9/h1-5,8H,6-7H2,(H2,13,15)(H,14,16). The minimum atomic E-state index is -0.116. The largest absolute Gasteiger partial charge is 0.375 e. The normalized spacial score (nSPS) is 10.1. The predicted octanol–water partition coefficient (Wildman–Crippen LogP) is 1.70. The zero-order valence-corrected chi connectivity index (χ0v) is 10.0. The molecule has 0 aliphatic carbocycles. The number of amides is 1. The van der Waals surface area contributed by atoms with Crippen molar-refractivity contribution in [3.8, 4) is 0 Å². The lowest BCUT2D eigenvalue weighted by molar-refractivity contribution is 0.0958. The molecule has 0 aliphatic rings. The molecule has 0 spiro atoms. The Balaban J connectivity index is 1.81. The van der Waals surface area contributed by atoms with E-state index in [1.807, 2.05) is 30.3 Å². The summed E-state index contributed by atoms with van der Waals surface area (Å²) >= 11 is 1.20. The molecule has 0 saturated carbocycles. The molecule has 0 atom stereocenters. The number of nitrogen functional groups attached to an aromatic ring is 1. The molecule has 0 saturated heterocycles. The van der Waals surface area contributed by atoms with Crippen LogP contribution in [0.2, 0.25) is 0 Å². The van der Waals surface area contributed by atoms with Gasteiger partial charge in [0.15, 0.2) is 5.13 Å². The average Bonchev–Trinajstić information content (AvgIpc) is 2.77. The number of aromatic nitrogens is 1. The van der Waals surface area contributed by atoms with E-state index in [1.165, 1.54) is 23.1 Å². The predicted molar refractivity (Wildman–Crippen MR) is 69.0 cm³/mol. The molecule has 0 bridgehead atoms. The van der Waals surface area contributed by atoms with E-state index in [1.54, 1.807) is 0 Å². The van der Waals surface area contributed by atoms with E-state index in [-0.39, 0.29) is 5.91 Å². The van der Waals surface area contributed by atoms with Crippen molar-refractivity contribution < 1.29 is 4.79 Å². The number of thiazole rings is 1. The van der Waals surface area contributed by atoms with Crippen molar-refractivity contribution in [3.63, 3.8) is 0 Å². The van der Waals surface area contributed by atoms with Gasteiger partial charge in [0.25, 0.3) is 5.91 Å². The molecule has 1 heterocycles. The third-order valence-corrected chi connectivity index (χ3v) is 3.11. The van der Waals surface area contributed by atoms with Gasteiger partial charge in [-0.3, -0.25) is 4.79 Å². The van der Waals surface area contributed by atoms with Crippen LogP contribution in [0.3, 0.4) is 0 Å². The fraction of sp³-hybridized carbons (Fsp3) is 0.167. The Labute approximate surface area is 103 Å². The number of nitrogens with two attached hydrogens (primary N) is 1. The second-order valence-electron chi connectivity index (χ2n) is 3.55. The van der Waals surface area contributed by atoms with Crippen molar-refractivity contribution >= 4 is 22.4 Å². The molecule has 1 aromatic carbocycles. The quantitative estimate of drug-likeness (QED) is 0.864. The van der Waals surface area contributed by atoms with Crippen molar-refractivity contribution in [2.24, 2.45) is 0 Å². The Morgan fingerprint density at radius 1 is 1.35 bits per heavy atom. The highest BCUT2D eigenvalue weighted by atomic mass is 32.1. The number of carbonyl (C=O) groups excluding carboxylic acids is 1. The summed E-state index contributed by atoms with van der Waals surface area (Å²) in [5, 5.41) is 3.25. The summed E-state index contributed by atoms with van der Waals surface area (Å²) in [6.45, 7) is 0.612. The number of hydrogen-bond donors (Lipinski definition) is 2. The maximum atomic E-state index is 11.7. The lowest BCUT2D eigenvalue weighted by Gasteiger charge is -2.03. The van der Waals surface area contributed by atoms with E-state index in [0.29, 0.717) is 16.6 Å². The summed E-state index contributed by atoms with van der Waals surface area (Å²) in [4.78, 5) is 16.0. The van der Waals surface area contributed by atoms with Gasteiger partial charge in [0, 0.05) is 6.54 Å². The van der Waals surface area contributed by atoms with Crippen LogP contribution in [0.1, 0.15) is 15.2 Å². The summed E-state index contributed by atoms with van der Waals surface area (Å²) in [7, 11) is 0. The maximum Gasteiger partial charge on any atom is 0.263 e. The van der Waals surface area contributed by atoms with Crippen molar-refractivity contribution in [1.29, 1.82) is 0 Å². The molecule has 17 heavy (non-hydrogen) atoms. The van der Waals surface area contributed by atoms with E-state index < -0.39 is 0 Å². The van der Waals surface area contributed by atoms with Crippen LogP contribution in [0.25, 0.3) is 0 Å². The van der Waals surface area contributed by atoms with E-state index in [2.05, 4.69) is 10.3 Å². The Kier molecular flexibility index (Phi) is 3.72. The minimum absolute atomic E-state index is 0.116. The van der Waals surface area contributed by atoms with Gasteiger partial charge in [-0.2, -0.15) is 0 Å². The lowest BCUT2D eigenvalue weighted by Crippen LogP contribution is -2.24. The van der Waals surface area contributed by atoms with Crippen molar-refractivity contribution in [3.05, 3.63) is 47.0 Å². The zero-order chi connectivity index (χ0) is 12.1. The molecule has 0 aliphatic heterocycles. The zero-order valence-electron chi connectivity index (χ0n) is 9.22. The summed E-state index contributed by atoms with van der Waals surface area (Å²) in [5.74, 6) is -0.116. The second kappa shape index (κ2) is 5.45. The maximum absolute atomic E-state index is 11.7. The van der Waals surface area contributed by atoms with E-state index in [0.717, 1.165) is 6.42 Å². The number of hydrogen-bond acceptors (Lipinski definition) is 4. The first-order chi connectivity index (χ1) is 8.25. The van der Waals surface area contributed by atoms with Gasteiger partial charge in [0.05, 0.1) is 6.20 Å². The highest BCUT2D eigenvalue weighted by molar-refractivity contribution is 7.17. The van der Waals surface area contributed by atoms with Crippen molar-refractivity contribution in [2.75, 3.05) is 12.3 Å². The molecule has 0 unspecified atom stereocenters. The number of carbonyl (C=O) groups is 1. The summed E-state index contributed by atoms with van der Waals surface area (Å²) < 4.78 is 0. The summed E-state index contributed by atoms with van der Waals surface area (Å²) in [5.41, 5.74) is 6.67. The van der Waals surface area contributed by atoms with Crippen LogP contribution < -0.4 is 11.1 Å². The topological polar surface area (TPSA) is 68.0 Å². The van der Waals surface area contributed by atoms with E-state index >= 15 is 0 Å². The number of rotatable bonds is 4. The van der Waals surface area contributed by atoms with E-state index in [9.17, 15) is 4.79 Å². The molecule has 0 fully saturated rings. The van der Waals surface area contributed by atoms with Crippen LogP contribution in [-0.2, 0) is 6.42 Å². The molecule has 2 rings (SSSR count). The molecule has 88 valence electrons. The molecule has 1 aromatic heterocycles. The van der Waals surface area contributed by atoms with Gasteiger partial charge in [0.2, 0.25) is 0 Å². The Bertz CT molecular complexity index is 495. The van der Waals surface area contributed by atoms with Gasteiger partial charge in [0.1, 0.15) is 4.88 Å². The molecular weight excluding hydrogens is 234 g/mol. The van der Waals surface area contributed by atoms with Crippen LogP contribution in [0.4, 0.5) is 5.13 Å². The monoisotopic (exact) mass is 247 g/mol. The van der Waals surface area contributed by atoms with Gasteiger partial charge < -0.3 is 11.1 Å². The highest BCUT2D eigenvalue weighted by Crippen LogP contribution is 2.13. The minimum Gasteiger partial charge on any atom is -0.375 e. The van der Waals surface area contributed by atoms with Crippen molar-refractivity contribution in [1.82, 2.24) is 10.3 Å². The molecule has 2 aromatic rings. The Morgan fingerprint density at radius 2 is 2.12 bits per heavy atom. The SMILES string of the molecule is Nc1ncc(C(=O)NCCc2ccccc2)s1. The fourth-order valence-corrected chi connectivity index (χ4v) is 2.05. The number of nitrogens with zero attached hydrogens (tertiary/aromatic N) is 1. The first-order valence-electron chi connectivity index (χ1n) is 5.29. The Morgan fingerprint density at radius 3 is 2.76 bits per heavy atom. The number of nitrogens with one attached hydrogen (secondary N) is 1. The lowest BCUT2D eigenvalue weighted by atomic mass is 10.1. The smallest absolute Gasteiger partial charge is 0.263 e. The first-order valence-corrected chi connectivity index (χ1v) is 6.11. The number of anilines is 1. The third-order valence-electron chi connectivity index (χ3n) is 2.29. The summed E-state index contributed by atoms with van der Waals surface area (Å²) in [6.07, 6.45) is 2.32. The van der Waals surface area contributed by atoms with Crippen LogP contribution in [-0.4, -0.2) is 17.4 Å². The Hall–Kier alpha value is -1.88. The third kappa shape index (κ3) is 3.29. The van der Waals surface area contributed by atoms with E-state index in [4.69, 9.17) is 5.73 Å². The molecule has 1 amide bonds. The van der Waals surface area contributed by atoms with Crippen LogP contribution in [0, 0.1) is 0 Å². The molecule has 0 radical (unpaired) electrons. The van der Waals surface area contributed by atoms with Crippen LogP contribution in [0.5, 0.6) is 0 Å². The molecule has 5 heteroatoms. The number of benzene rings is 1. The van der Waals surface area contributed by atoms with Gasteiger partial charge >= 0.3 is 0 Å². The van der Waals surface area contributed by atoms with Gasteiger partial charge in [-0.25, -0.2) is 4.98 Å². The van der Waals surface area contributed by atoms with Crippen molar-refractivity contribution in [2.45, 2.75) is 6.42 Å². The fourth-order valence-electron chi connectivity index (χ4n) is 1.44.